The van der Waals surface area contributed by atoms with Crippen LogP contribution < -0.4 is 14.8 Å². The topological polar surface area (TPSA) is 30.5 Å². The van der Waals surface area contributed by atoms with Crippen molar-refractivity contribution in [3.63, 3.8) is 0 Å². The summed E-state index contributed by atoms with van der Waals surface area (Å²) in [5.74, 6) is 0.875. The minimum absolute atomic E-state index is 0.0810. The van der Waals surface area contributed by atoms with E-state index in [0.717, 1.165) is 17.0 Å². The molecule has 0 heterocycles. The van der Waals surface area contributed by atoms with Gasteiger partial charge >= 0.3 is 6.61 Å². The summed E-state index contributed by atoms with van der Waals surface area (Å²) < 4.78 is 34.2. The molecule has 1 unspecified atom stereocenters. The van der Waals surface area contributed by atoms with Crippen LogP contribution >= 0.6 is 0 Å². The highest BCUT2D eigenvalue weighted by Crippen LogP contribution is 2.29. The van der Waals surface area contributed by atoms with Crippen LogP contribution in [0.4, 0.5) is 14.5 Å². The number of benzene rings is 2. The van der Waals surface area contributed by atoms with E-state index in [1.807, 2.05) is 37.3 Å². The standard InChI is InChI=1S/C16H17F2NO2/c1-11(19-14-8-3-4-9-15(14)20-2)12-6-5-7-13(10-12)21-16(17)18/h3-11,16,19H,1-2H3. The number of methoxy groups -OCH3 is 1. The van der Waals surface area contributed by atoms with E-state index in [1.165, 1.54) is 6.07 Å². The molecule has 0 bridgehead atoms. The van der Waals surface area contributed by atoms with Crippen LogP contribution in [-0.2, 0) is 0 Å². The number of anilines is 1. The van der Waals surface area contributed by atoms with Crippen molar-refractivity contribution in [3.8, 4) is 11.5 Å². The molecule has 0 amide bonds. The minimum atomic E-state index is -2.82. The van der Waals surface area contributed by atoms with Crippen molar-refractivity contribution in [3.05, 3.63) is 54.1 Å². The monoisotopic (exact) mass is 293 g/mol. The van der Waals surface area contributed by atoms with E-state index >= 15 is 0 Å². The molecule has 0 aliphatic carbocycles. The minimum Gasteiger partial charge on any atom is -0.495 e. The fourth-order valence-corrected chi connectivity index (χ4v) is 2.04. The van der Waals surface area contributed by atoms with Crippen LogP contribution in [0.5, 0.6) is 11.5 Å². The van der Waals surface area contributed by atoms with E-state index < -0.39 is 6.61 Å². The molecule has 5 heteroatoms. The van der Waals surface area contributed by atoms with Gasteiger partial charge in [0.15, 0.2) is 0 Å². The number of rotatable bonds is 6. The van der Waals surface area contributed by atoms with Crippen LogP contribution in [-0.4, -0.2) is 13.7 Å². The zero-order chi connectivity index (χ0) is 15.2. The summed E-state index contributed by atoms with van der Waals surface area (Å²) in [6.07, 6.45) is 0. The number of hydrogen-bond acceptors (Lipinski definition) is 3. The van der Waals surface area contributed by atoms with Crippen LogP contribution in [0.25, 0.3) is 0 Å². The highest BCUT2D eigenvalue weighted by atomic mass is 19.3. The third-order valence-electron chi connectivity index (χ3n) is 3.06. The molecular formula is C16H17F2NO2. The molecule has 0 aliphatic heterocycles. The number of hydrogen-bond donors (Lipinski definition) is 1. The Morgan fingerprint density at radius 1 is 1.05 bits per heavy atom. The Balaban J connectivity index is 2.14. The summed E-state index contributed by atoms with van der Waals surface area (Å²) in [7, 11) is 1.60. The number of para-hydroxylation sites is 2. The van der Waals surface area contributed by atoms with Crippen molar-refractivity contribution in [1.29, 1.82) is 0 Å². The lowest BCUT2D eigenvalue weighted by Gasteiger charge is -2.18. The number of halogens is 2. The maximum Gasteiger partial charge on any atom is 0.387 e. The van der Waals surface area contributed by atoms with Gasteiger partial charge in [-0.15, -0.1) is 0 Å². The first-order valence-corrected chi connectivity index (χ1v) is 6.54. The summed E-state index contributed by atoms with van der Waals surface area (Å²) in [5, 5.41) is 3.29. The molecule has 2 rings (SSSR count). The van der Waals surface area contributed by atoms with E-state index in [2.05, 4.69) is 10.1 Å². The van der Waals surface area contributed by atoms with Gasteiger partial charge in [-0.2, -0.15) is 8.78 Å². The van der Waals surface area contributed by atoms with E-state index in [9.17, 15) is 8.78 Å². The van der Waals surface area contributed by atoms with Gasteiger partial charge in [-0.05, 0) is 36.8 Å². The van der Waals surface area contributed by atoms with Crippen LogP contribution in [0.2, 0.25) is 0 Å². The van der Waals surface area contributed by atoms with Crippen LogP contribution in [0.15, 0.2) is 48.5 Å². The van der Waals surface area contributed by atoms with Gasteiger partial charge in [0.25, 0.3) is 0 Å². The van der Waals surface area contributed by atoms with Gasteiger partial charge in [-0.1, -0.05) is 24.3 Å². The lowest BCUT2D eigenvalue weighted by molar-refractivity contribution is -0.0498. The molecule has 21 heavy (non-hydrogen) atoms. The van der Waals surface area contributed by atoms with Crippen LogP contribution in [0.1, 0.15) is 18.5 Å². The number of ether oxygens (including phenoxy) is 2. The van der Waals surface area contributed by atoms with Gasteiger partial charge < -0.3 is 14.8 Å². The molecule has 2 aromatic rings. The molecule has 2 aromatic carbocycles. The molecule has 1 N–H and O–H groups in total. The Labute approximate surface area is 122 Å². The molecule has 0 aliphatic rings. The molecule has 0 saturated heterocycles. The maximum absolute atomic E-state index is 12.2. The van der Waals surface area contributed by atoms with Crippen molar-refractivity contribution in [2.24, 2.45) is 0 Å². The van der Waals surface area contributed by atoms with E-state index in [0.29, 0.717) is 0 Å². The molecule has 0 spiro atoms. The van der Waals surface area contributed by atoms with E-state index in [1.54, 1.807) is 19.2 Å². The van der Waals surface area contributed by atoms with Gasteiger partial charge in [-0.3, -0.25) is 0 Å². The highest BCUT2D eigenvalue weighted by Gasteiger charge is 2.11. The SMILES string of the molecule is COc1ccccc1NC(C)c1cccc(OC(F)F)c1. The van der Waals surface area contributed by atoms with Crippen molar-refractivity contribution in [1.82, 2.24) is 0 Å². The lowest BCUT2D eigenvalue weighted by Crippen LogP contribution is -2.08. The first kappa shape index (κ1) is 15.1. The second-order valence-corrected chi connectivity index (χ2v) is 4.52. The molecule has 112 valence electrons. The Morgan fingerprint density at radius 3 is 2.52 bits per heavy atom. The normalized spacial score (nSPS) is 12.0. The van der Waals surface area contributed by atoms with Gasteiger partial charge in [0.1, 0.15) is 11.5 Å². The van der Waals surface area contributed by atoms with Crippen molar-refractivity contribution in [2.45, 2.75) is 19.6 Å². The van der Waals surface area contributed by atoms with Crippen LogP contribution in [0, 0.1) is 0 Å². The Kier molecular flexibility index (Phi) is 4.98. The molecule has 0 saturated carbocycles. The van der Waals surface area contributed by atoms with Gasteiger partial charge in [-0.25, -0.2) is 0 Å². The third-order valence-corrected chi connectivity index (χ3v) is 3.06. The molecule has 1 atom stereocenters. The average molecular weight is 293 g/mol. The first-order valence-electron chi connectivity index (χ1n) is 6.54. The van der Waals surface area contributed by atoms with Crippen molar-refractivity contribution in [2.75, 3.05) is 12.4 Å². The lowest BCUT2D eigenvalue weighted by atomic mass is 10.1. The summed E-state index contributed by atoms with van der Waals surface area (Å²) in [5.41, 5.74) is 1.69. The Morgan fingerprint density at radius 2 is 1.81 bits per heavy atom. The van der Waals surface area contributed by atoms with Crippen LogP contribution in [0.3, 0.4) is 0 Å². The number of nitrogens with one attached hydrogen (secondary N) is 1. The molecular weight excluding hydrogens is 276 g/mol. The second kappa shape index (κ2) is 6.92. The van der Waals surface area contributed by atoms with Gasteiger partial charge in [0.05, 0.1) is 12.8 Å². The van der Waals surface area contributed by atoms with E-state index in [4.69, 9.17) is 4.74 Å². The smallest absolute Gasteiger partial charge is 0.387 e. The van der Waals surface area contributed by atoms with Gasteiger partial charge in [0, 0.05) is 6.04 Å². The molecule has 0 radical (unpaired) electrons. The zero-order valence-corrected chi connectivity index (χ0v) is 11.8. The fourth-order valence-electron chi connectivity index (χ4n) is 2.04. The quantitative estimate of drug-likeness (QED) is 0.852. The summed E-state index contributed by atoms with van der Waals surface area (Å²) >= 11 is 0. The van der Waals surface area contributed by atoms with Gasteiger partial charge in [0.2, 0.25) is 0 Å². The summed E-state index contributed by atoms with van der Waals surface area (Å²) in [6, 6.07) is 14.1. The average Bonchev–Trinajstić information content (AvgIpc) is 2.47. The van der Waals surface area contributed by atoms with E-state index in [-0.39, 0.29) is 11.8 Å². The third kappa shape index (κ3) is 4.08. The maximum atomic E-state index is 12.2. The Hall–Kier alpha value is -2.30. The predicted octanol–water partition coefficient (Wildman–Crippen LogP) is 4.47. The highest BCUT2D eigenvalue weighted by molar-refractivity contribution is 5.57. The summed E-state index contributed by atoms with van der Waals surface area (Å²) in [6.45, 7) is -0.883. The Bertz CT molecular complexity index is 590. The molecule has 3 nitrogen and oxygen atoms in total. The summed E-state index contributed by atoms with van der Waals surface area (Å²) in [4.78, 5) is 0. The first-order chi connectivity index (χ1) is 10.1. The second-order valence-electron chi connectivity index (χ2n) is 4.52. The largest absolute Gasteiger partial charge is 0.495 e. The molecule has 0 fully saturated rings. The number of alkyl halides is 2. The fraction of sp³-hybridized carbons (Fsp3) is 0.250. The predicted molar refractivity (Wildman–Crippen MR) is 78.1 cm³/mol. The van der Waals surface area contributed by atoms with Crippen molar-refractivity contribution < 1.29 is 18.3 Å². The molecule has 0 aromatic heterocycles. The zero-order valence-electron chi connectivity index (χ0n) is 11.8. The van der Waals surface area contributed by atoms with Crippen molar-refractivity contribution >= 4 is 5.69 Å².